The summed E-state index contributed by atoms with van der Waals surface area (Å²) in [5, 5.41) is 0. The maximum Gasteiger partial charge on any atom is 0.142 e. The molecule has 138 valence electrons. The Balaban J connectivity index is 2.06. The molecule has 0 spiro atoms. The zero-order valence-electron chi connectivity index (χ0n) is 16.0. The second-order valence-electron chi connectivity index (χ2n) is 7.42. The minimum Gasteiger partial charge on any atom is -0.308 e. The van der Waals surface area contributed by atoms with Gasteiger partial charge in [-0.25, -0.2) is 0 Å². The van der Waals surface area contributed by atoms with Crippen molar-refractivity contribution in [3.63, 3.8) is 0 Å². The average molecular weight is 352 g/mol. The lowest BCUT2D eigenvalue weighted by Gasteiger charge is -2.47. The van der Waals surface area contributed by atoms with E-state index in [4.69, 9.17) is 0 Å². The van der Waals surface area contributed by atoms with E-state index >= 15 is 0 Å². The van der Waals surface area contributed by atoms with Crippen LogP contribution in [0.5, 0.6) is 0 Å². The topological polar surface area (TPSA) is 49.3 Å². The van der Waals surface area contributed by atoms with Gasteiger partial charge in [0.1, 0.15) is 5.78 Å². The molecule has 0 N–H and O–H groups in total. The Morgan fingerprint density at radius 2 is 1.42 bits per heavy atom. The minimum atomic E-state index is -0.0953. The van der Waals surface area contributed by atoms with Crippen molar-refractivity contribution < 1.29 is 4.79 Å². The average Bonchev–Trinajstić information content (AvgIpc) is 2.66. The lowest BCUT2D eigenvalue weighted by Crippen LogP contribution is -2.51. The van der Waals surface area contributed by atoms with E-state index in [1.807, 2.05) is 62.6 Å². The fourth-order valence-corrected chi connectivity index (χ4v) is 4.02. The van der Waals surface area contributed by atoms with Gasteiger partial charge in [0.25, 0.3) is 0 Å². The number of ketones is 1. The van der Waals surface area contributed by atoms with Gasteiger partial charge in [0.05, 0.1) is 23.5 Å². The van der Waals surface area contributed by atoms with Crippen molar-refractivity contribution in [1.29, 1.82) is 0 Å². The number of likely N-dealkylation sites (tertiary alicyclic amines) is 1. The molecule has 4 atom stereocenters. The molecule has 2 aromatic heterocycles. The monoisotopic (exact) mass is 352 g/mol. The smallest absolute Gasteiger partial charge is 0.142 e. The van der Waals surface area contributed by atoms with Crippen LogP contribution in [0.4, 0.5) is 0 Å². The second kappa shape index (κ2) is 8.06. The summed E-state index contributed by atoms with van der Waals surface area (Å²) in [6.07, 6.45) is 3.62. The molecule has 26 heavy (non-hydrogen) atoms. The number of piperidine rings is 1. The van der Waals surface area contributed by atoms with E-state index in [1.165, 1.54) is 0 Å². The molecule has 3 heterocycles. The van der Waals surface area contributed by atoms with Crippen LogP contribution in [0.15, 0.2) is 48.8 Å². The third kappa shape index (κ3) is 3.69. The largest absolute Gasteiger partial charge is 0.308 e. The molecule has 0 amide bonds. The standard InChI is InChI=1S/C21H28N4O/c1-15-19(17-9-5-7-11-22-17)25(14-13-24(3)4)20(16(2)21(15)26)18-10-6-8-12-23-18/h5-12,15-16,19-20H,13-14H2,1-4H3. The van der Waals surface area contributed by atoms with Gasteiger partial charge in [-0.2, -0.15) is 0 Å². The van der Waals surface area contributed by atoms with Crippen molar-refractivity contribution in [3.05, 3.63) is 60.2 Å². The Morgan fingerprint density at radius 1 is 0.923 bits per heavy atom. The van der Waals surface area contributed by atoms with E-state index < -0.39 is 0 Å². The van der Waals surface area contributed by atoms with Crippen LogP contribution in [0.1, 0.15) is 37.3 Å². The summed E-state index contributed by atoms with van der Waals surface area (Å²) in [5.74, 6) is 0.0986. The first kappa shape index (κ1) is 18.7. The molecule has 0 aromatic carbocycles. The molecule has 5 heteroatoms. The minimum absolute atomic E-state index is 0.0353. The normalized spacial score (nSPS) is 27.0. The van der Waals surface area contributed by atoms with Crippen molar-refractivity contribution in [2.75, 3.05) is 27.2 Å². The van der Waals surface area contributed by atoms with Crippen LogP contribution in [0, 0.1) is 11.8 Å². The number of hydrogen-bond donors (Lipinski definition) is 0. The predicted molar refractivity (Wildman–Crippen MR) is 103 cm³/mol. The van der Waals surface area contributed by atoms with E-state index in [0.29, 0.717) is 0 Å². The number of pyridine rings is 2. The highest BCUT2D eigenvalue weighted by molar-refractivity contribution is 5.85. The van der Waals surface area contributed by atoms with Gasteiger partial charge in [0, 0.05) is 37.3 Å². The molecule has 1 aliphatic heterocycles. The molecule has 4 unspecified atom stereocenters. The molecule has 3 rings (SSSR count). The summed E-state index contributed by atoms with van der Waals surface area (Å²) in [6.45, 7) is 5.85. The number of nitrogens with zero attached hydrogens (tertiary/aromatic N) is 4. The zero-order chi connectivity index (χ0) is 18.7. The van der Waals surface area contributed by atoms with Crippen molar-refractivity contribution in [2.45, 2.75) is 25.9 Å². The Hall–Kier alpha value is -2.11. The van der Waals surface area contributed by atoms with E-state index in [9.17, 15) is 4.79 Å². The predicted octanol–water partition coefficient (Wildman–Crippen LogP) is 2.98. The fourth-order valence-electron chi connectivity index (χ4n) is 4.02. The van der Waals surface area contributed by atoms with Crippen LogP contribution in [0.3, 0.4) is 0 Å². The molecule has 0 bridgehead atoms. The Morgan fingerprint density at radius 3 is 1.81 bits per heavy atom. The lowest BCUT2D eigenvalue weighted by atomic mass is 9.76. The summed E-state index contributed by atoms with van der Waals surface area (Å²) in [4.78, 5) is 26.9. The van der Waals surface area contributed by atoms with Gasteiger partial charge in [0.2, 0.25) is 0 Å². The van der Waals surface area contributed by atoms with Gasteiger partial charge in [-0.05, 0) is 38.4 Å². The summed E-state index contributed by atoms with van der Waals surface area (Å²) < 4.78 is 0. The SMILES string of the molecule is CC1C(=O)C(C)C(c2ccccn2)N(CCN(C)C)C1c1ccccn1. The van der Waals surface area contributed by atoms with Gasteiger partial charge < -0.3 is 4.90 Å². The molecule has 5 nitrogen and oxygen atoms in total. The van der Waals surface area contributed by atoms with E-state index in [2.05, 4.69) is 33.9 Å². The van der Waals surface area contributed by atoms with Crippen LogP contribution in [0.2, 0.25) is 0 Å². The van der Waals surface area contributed by atoms with Crippen LogP contribution in [-0.2, 0) is 4.79 Å². The van der Waals surface area contributed by atoms with Crippen LogP contribution < -0.4 is 0 Å². The molecule has 1 saturated heterocycles. The number of Topliss-reactive ketones (excluding diaryl/α,β-unsaturated/α-hetero) is 1. The molecule has 0 saturated carbocycles. The summed E-state index contributed by atoms with van der Waals surface area (Å²) >= 11 is 0. The number of carbonyl (C=O) groups is 1. The van der Waals surface area contributed by atoms with Crippen LogP contribution >= 0.6 is 0 Å². The Labute approximate surface area is 156 Å². The molecule has 1 aliphatic rings. The van der Waals surface area contributed by atoms with Gasteiger partial charge in [-0.1, -0.05) is 26.0 Å². The first-order chi connectivity index (χ1) is 12.5. The molecule has 0 aliphatic carbocycles. The zero-order valence-corrected chi connectivity index (χ0v) is 16.0. The summed E-state index contributed by atoms with van der Waals surface area (Å²) in [5.41, 5.74) is 1.92. The number of hydrogen-bond acceptors (Lipinski definition) is 5. The van der Waals surface area contributed by atoms with Crippen LogP contribution in [-0.4, -0.2) is 52.7 Å². The van der Waals surface area contributed by atoms with Gasteiger partial charge >= 0.3 is 0 Å². The van der Waals surface area contributed by atoms with E-state index in [1.54, 1.807) is 0 Å². The van der Waals surface area contributed by atoms with E-state index in [-0.39, 0.29) is 29.7 Å². The Bertz CT molecular complexity index is 664. The maximum atomic E-state index is 13.1. The molecule has 2 aromatic rings. The fraction of sp³-hybridized carbons (Fsp3) is 0.476. The highest BCUT2D eigenvalue weighted by Gasteiger charge is 2.46. The van der Waals surface area contributed by atoms with Gasteiger partial charge in [-0.15, -0.1) is 0 Å². The first-order valence-corrected chi connectivity index (χ1v) is 9.26. The Kier molecular flexibility index (Phi) is 5.79. The quantitative estimate of drug-likeness (QED) is 0.828. The van der Waals surface area contributed by atoms with E-state index in [0.717, 1.165) is 24.5 Å². The second-order valence-corrected chi connectivity index (χ2v) is 7.42. The number of aromatic nitrogens is 2. The molecule has 1 fully saturated rings. The van der Waals surface area contributed by atoms with Crippen molar-refractivity contribution >= 4 is 5.78 Å². The number of likely N-dealkylation sites (N-methyl/N-ethyl adjacent to an activating group) is 1. The maximum absolute atomic E-state index is 13.1. The first-order valence-electron chi connectivity index (χ1n) is 9.26. The molecular weight excluding hydrogens is 324 g/mol. The third-order valence-electron chi connectivity index (χ3n) is 5.35. The van der Waals surface area contributed by atoms with Gasteiger partial charge in [0.15, 0.2) is 0 Å². The molecular formula is C21H28N4O. The van der Waals surface area contributed by atoms with Crippen LogP contribution in [0.25, 0.3) is 0 Å². The summed E-state index contributed by atoms with van der Waals surface area (Å²) in [7, 11) is 4.15. The highest BCUT2D eigenvalue weighted by atomic mass is 16.1. The highest BCUT2D eigenvalue weighted by Crippen LogP contribution is 2.44. The number of rotatable bonds is 5. The number of carbonyl (C=O) groups excluding carboxylic acids is 1. The molecule has 0 radical (unpaired) electrons. The van der Waals surface area contributed by atoms with Crippen molar-refractivity contribution in [3.8, 4) is 0 Å². The summed E-state index contributed by atoms with van der Waals surface area (Å²) in [6, 6.07) is 11.8. The third-order valence-corrected chi connectivity index (χ3v) is 5.35. The van der Waals surface area contributed by atoms with Gasteiger partial charge in [-0.3, -0.25) is 19.7 Å². The van der Waals surface area contributed by atoms with Crippen molar-refractivity contribution in [2.24, 2.45) is 11.8 Å². The van der Waals surface area contributed by atoms with Crippen molar-refractivity contribution in [1.82, 2.24) is 19.8 Å². The lowest BCUT2D eigenvalue weighted by molar-refractivity contribution is -0.138.